The van der Waals surface area contributed by atoms with E-state index in [0.29, 0.717) is 6.42 Å². The van der Waals surface area contributed by atoms with Crippen LogP contribution in [0.5, 0.6) is 0 Å². The van der Waals surface area contributed by atoms with Crippen molar-refractivity contribution in [3.8, 4) is 0 Å². The van der Waals surface area contributed by atoms with Crippen LogP contribution in [0.25, 0.3) is 0 Å². The number of primary amides is 1. The molecule has 0 aromatic rings. The molecule has 0 radical (unpaired) electrons. The number of carbonyl (C=O) groups is 3. The molecule has 3 amide bonds. The van der Waals surface area contributed by atoms with Gasteiger partial charge < -0.3 is 11.1 Å². The molecular formula is C12H21N3O3. The Morgan fingerprint density at radius 3 is 2.28 bits per heavy atom. The summed E-state index contributed by atoms with van der Waals surface area (Å²) in [5.41, 5.74) is 4.48. The number of nitrogens with two attached hydrogens (primary N) is 1. The quantitative estimate of drug-likeness (QED) is 0.641. The number of rotatable bonds is 6. The van der Waals surface area contributed by atoms with Gasteiger partial charge in [0, 0.05) is 25.4 Å². The molecule has 1 heterocycles. The van der Waals surface area contributed by atoms with Crippen LogP contribution in [0.3, 0.4) is 0 Å². The summed E-state index contributed by atoms with van der Waals surface area (Å²) < 4.78 is 0. The lowest BCUT2D eigenvalue weighted by atomic mass is 9.95. The van der Waals surface area contributed by atoms with Crippen molar-refractivity contribution in [2.24, 2.45) is 5.73 Å². The molecule has 0 aliphatic carbocycles. The van der Waals surface area contributed by atoms with E-state index in [1.165, 1.54) is 4.90 Å². The third-order valence-corrected chi connectivity index (χ3v) is 3.14. The maximum atomic E-state index is 11.5. The van der Waals surface area contributed by atoms with E-state index in [2.05, 4.69) is 5.32 Å². The average Bonchev–Trinajstić information content (AvgIpc) is 2.55. The minimum atomic E-state index is -0.905. The van der Waals surface area contributed by atoms with E-state index >= 15 is 0 Å². The Bertz CT molecular complexity index is 352. The van der Waals surface area contributed by atoms with Crippen LogP contribution in [-0.4, -0.2) is 40.7 Å². The molecule has 0 bridgehead atoms. The molecule has 1 aliphatic rings. The SMILES string of the molecule is CC(C)NC(C)(CCN1C(=O)CCC1=O)C(N)=O. The van der Waals surface area contributed by atoms with Crippen LogP contribution in [0, 0.1) is 0 Å². The Balaban J connectivity index is 2.65. The van der Waals surface area contributed by atoms with E-state index < -0.39 is 11.4 Å². The van der Waals surface area contributed by atoms with Crippen molar-refractivity contribution in [3.05, 3.63) is 0 Å². The second kappa shape index (κ2) is 5.48. The van der Waals surface area contributed by atoms with Gasteiger partial charge in [0.15, 0.2) is 0 Å². The smallest absolute Gasteiger partial charge is 0.237 e. The largest absolute Gasteiger partial charge is 0.368 e. The van der Waals surface area contributed by atoms with Crippen LogP contribution in [0.15, 0.2) is 0 Å². The molecule has 1 fully saturated rings. The molecule has 0 aromatic heterocycles. The second-order valence-corrected chi connectivity index (χ2v) is 5.18. The molecule has 102 valence electrons. The Morgan fingerprint density at radius 1 is 1.39 bits per heavy atom. The molecule has 1 aliphatic heterocycles. The van der Waals surface area contributed by atoms with Crippen LogP contribution >= 0.6 is 0 Å². The van der Waals surface area contributed by atoms with Crippen molar-refractivity contribution >= 4 is 17.7 Å². The van der Waals surface area contributed by atoms with Crippen LogP contribution in [0.4, 0.5) is 0 Å². The number of carbonyl (C=O) groups excluding carboxylic acids is 3. The molecule has 1 unspecified atom stereocenters. The number of nitrogens with zero attached hydrogens (tertiary/aromatic N) is 1. The number of hydrogen-bond donors (Lipinski definition) is 2. The first-order valence-corrected chi connectivity index (χ1v) is 6.17. The van der Waals surface area contributed by atoms with Crippen LogP contribution < -0.4 is 11.1 Å². The summed E-state index contributed by atoms with van der Waals surface area (Å²) in [6.07, 6.45) is 0.867. The van der Waals surface area contributed by atoms with Gasteiger partial charge in [-0.2, -0.15) is 0 Å². The first-order valence-electron chi connectivity index (χ1n) is 6.17. The van der Waals surface area contributed by atoms with Crippen molar-refractivity contribution in [3.63, 3.8) is 0 Å². The molecule has 18 heavy (non-hydrogen) atoms. The zero-order valence-electron chi connectivity index (χ0n) is 11.2. The predicted octanol–water partition coefficient (Wildman–Crippen LogP) is -0.232. The minimum Gasteiger partial charge on any atom is -0.368 e. The molecule has 0 spiro atoms. The molecule has 0 saturated carbocycles. The molecular weight excluding hydrogens is 234 g/mol. The fourth-order valence-electron chi connectivity index (χ4n) is 2.11. The molecule has 6 nitrogen and oxygen atoms in total. The summed E-state index contributed by atoms with van der Waals surface area (Å²) in [6.45, 7) is 5.75. The third kappa shape index (κ3) is 3.29. The van der Waals surface area contributed by atoms with Crippen LogP contribution in [-0.2, 0) is 14.4 Å². The second-order valence-electron chi connectivity index (χ2n) is 5.18. The highest BCUT2D eigenvalue weighted by Crippen LogP contribution is 2.16. The normalized spacial score (nSPS) is 19.4. The van der Waals surface area contributed by atoms with Gasteiger partial charge in [-0.1, -0.05) is 0 Å². The van der Waals surface area contributed by atoms with Crippen LogP contribution in [0.1, 0.15) is 40.0 Å². The highest BCUT2D eigenvalue weighted by molar-refractivity contribution is 6.02. The molecule has 6 heteroatoms. The summed E-state index contributed by atoms with van der Waals surface area (Å²) in [7, 11) is 0. The number of amides is 3. The van der Waals surface area contributed by atoms with Gasteiger partial charge >= 0.3 is 0 Å². The lowest BCUT2D eigenvalue weighted by molar-refractivity contribution is -0.139. The Kier molecular flexibility index (Phi) is 4.45. The van der Waals surface area contributed by atoms with Crippen molar-refractivity contribution in [1.29, 1.82) is 0 Å². The van der Waals surface area contributed by atoms with Gasteiger partial charge in [-0.05, 0) is 27.2 Å². The first-order chi connectivity index (χ1) is 8.26. The van der Waals surface area contributed by atoms with E-state index in [4.69, 9.17) is 5.73 Å². The van der Waals surface area contributed by atoms with E-state index in [-0.39, 0.29) is 37.2 Å². The van der Waals surface area contributed by atoms with Gasteiger partial charge in [0.1, 0.15) is 0 Å². The highest BCUT2D eigenvalue weighted by atomic mass is 16.2. The van der Waals surface area contributed by atoms with Crippen molar-refractivity contribution < 1.29 is 14.4 Å². The maximum Gasteiger partial charge on any atom is 0.237 e. The van der Waals surface area contributed by atoms with Gasteiger partial charge in [0.25, 0.3) is 0 Å². The monoisotopic (exact) mass is 255 g/mol. The van der Waals surface area contributed by atoms with E-state index in [9.17, 15) is 14.4 Å². The van der Waals surface area contributed by atoms with Gasteiger partial charge in [0.05, 0.1) is 5.54 Å². The van der Waals surface area contributed by atoms with E-state index in [0.717, 1.165) is 0 Å². The minimum absolute atomic E-state index is 0.0903. The summed E-state index contributed by atoms with van der Waals surface area (Å²) >= 11 is 0. The Morgan fingerprint density at radius 2 is 1.89 bits per heavy atom. The molecule has 1 rings (SSSR count). The fraction of sp³-hybridized carbons (Fsp3) is 0.750. The number of likely N-dealkylation sites (tertiary alicyclic amines) is 1. The fourth-order valence-corrected chi connectivity index (χ4v) is 2.11. The maximum absolute atomic E-state index is 11.5. The summed E-state index contributed by atoms with van der Waals surface area (Å²) in [5.74, 6) is -0.817. The van der Waals surface area contributed by atoms with E-state index in [1.807, 2.05) is 13.8 Å². The number of imide groups is 1. The summed E-state index contributed by atoms with van der Waals surface area (Å²) in [6, 6.07) is 0.0903. The highest BCUT2D eigenvalue weighted by Gasteiger charge is 2.35. The summed E-state index contributed by atoms with van der Waals surface area (Å²) in [4.78, 5) is 35.6. The van der Waals surface area contributed by atoms with Crippen LogP contribution in [0.2, 0.25) is 0 Å². The van der Waals surface area contributed by atoms with Gasteiger partial charge in [0.2, 0.25) is 17.7 Å². The topological polar surface area (TPSA) is 92.5 Å². The zero-order chi connectivity index (χ0) is 13.9. The molecule has 3 N–H and O–H groups in total. The Hall–Kier alpha value is -1.43. The number of hydrogen-bond acceptors (Lipinski definition) is 4. The van der Waals surface area contributed by atoms with E-state index in [1.54, 1.807) is 6.92 Å². The van der Waals surface area contributed by atoms with Gasteiger partial charge in [-0.3, -0.25) is 19.3 Å². The standard InChI is InChI=1S/C12H21N3O3/c1-8(2)14-12(3,11(13)18)6-7-15-9(16)4-5-10(15)17/h8,14H,4-7H2,1-3H3,(H2,13,18). The zero-order valence-corrected chi connectivity index (χ0v) is 11.2. The van der Waals surface area contributed by atoms with Crippen molar-refractivity contribution in [1.82, 2.24) is 10.2 Å². The number of nitrogens with one attached hydrogen (secondary N) is 1. The molecule has 1 atom stereocenters. The van der Waals surface area contributed by atoms with Gasteiger partial charge in [-0.15, -0.1) is 0 Å². The molecule has 0 aromatic carbocycles. The van der Waals surface area contributed by atoms with Crippen molar-refractivity contribution in [2.75, 3.05) is 6.54 Å². The lowest BCUT2D eigenvalue weighted by Crippen LogP contribution is -2.57. The lowest BCUT2D eigenvalue weighted by Gasteiger charge is -2.31. The summed E-state index contributed by atoms with van der Waals surface area (Å²) in [5, 5.41) is 3.09. The van der Waals surface area contributed by atoms with Crippen molar-refractivity contribution in [2.45, 2.75) is 51.6 Å². The van der Waals surface area contributed by atoms with Gasteiger partial charge in [-0.25, -0.2) is 0 Å². The Labute approximate surface area is 107 Å². The predicted molar refractivity (Wildman–Crippen MR) is 66.4 cm³/mol. The molecule has 1 saturated heterocycles. The average molecular weight is 255 g/mol. The third-order valence-electron chi connectivity index (χ3n) is 3.14. The first kappa shape index (κ1) is 14.6.